The van der Waals surface area contributed by atoms with Gasteiger partial charge in [-0.1, -0.05) is 6.07 Å². The van der Waals surface area contributed by atoms with E-state index in [0.717, 1.165) is 34.3 Å². The van der Waals surface area contributed by atoms with Gasteiger partial charge in [0.25, 0.3) is 0 Å². The van der Waals surface area contributed by atoms with Gasteiger partial charge in [0.2, 0.25) is 5.28 Å². The highest BCUT2D eigenvalue weighted by atomic mass is 79.9. The summed E-state index contributed by atoms with van der Waals surface area (Å²) in [5.74, 6) is 0.876. The Kier molecular flexibility index (Phi) is 3.37. The Morgan fingerprint density at radius 2 is 2.00 bits per heavy atom. The maximum absolute atomic E-state index is 6.00. The molecule has 18 heavy (non-hydrogen) atoms. The summed E-state index contributed by atoms with van der Waals surface area (Å²) < 4.78 is 6.35. The maximum atomic E-state index is 6.00. The molecule has 3 rings (SSSR count). The van der Waals surface area contributed by atoms with Crippen LogP contribution in [0.25, 0.3) is 10.9 Å². The summed E-state index contributed by atoms with van der Waals surface area (Å²) in [6, 6.07) is 5.87. The highest BCUT2D eigenvalue weighted by Gasteiger charge is 2.18. The molecule has 1 aliphatic heterocycles. The Balaban J connectivity index is 2.19. The third-order valence-electron chi connectivity index (χ3n) is 2.94. The van der Waals surface area contributed by atoms with Gasteiger partial charge in [-0.05, 0) is 39.7 Å². The zero-order valence-corrected chi connectivity index (χ0v) is 11.9. The van der Waals surface area contributed by atoms with Crippen molar-refractivity contribution in [2.24, 2.45) is 0 Å². The highest BCUT2D eigenvalue weighted by Crippen LogP contribution is 2.32. The van der Waals surface area contributed by atoms with Crippen LogP contribution in [-0.4, -0.2) is 36.3 Å². The lowest BCUT2D eigenvalue weighted by molar-refractivity contribution is 0.122. The number of morpholine rings is 1. The van der Waals surface area contributed by atoms with Crippen LogP contribution in [0.5, 0.6) is 0 Å². The van der Waals surface area contributed by atoms with Crippen LogP contribution in [-0.2, 0) is 4.74 Å². The molecular formula is C12H11BrClN3O. The summed E-state index contributed by atoms with van der Waals surface area (Å²) in [6.07, 6.45) is 0. The number of aromatic nitrogens is 2. The molecule has 0 saturated carbocycles. The van der Waals surface area contributed by atoms with Gasteiger partial charge in [0.1, 0.15) is 5.82 Å². The lowest BCUT2D eigenvalue weighted by Crippen LogP contribution is -2.37. The van der Waals surface area contributed by atoms with Crippen LogP contribution in [0.2, 0.25) is 5.28 Å². The number of hydrogen-bond donors (Lipinski definition) is 0. The number of halogens is 2. The molecule has 4 nitrogen and oxygen atoms in total. The third kappa shape index (κ3) is 2.18. The van der Waals surface area contributed by atoms with Crippen LogP contribution >= 0.6 is 27.5 Å². The average molecular weight is 329 g/mol. The van der Waals surface area contributed by atoms with Crippen molar-refractivity contribution in [2.45, 2.75) is 0 Å². The van der Waals surface area contributed by atoms with Crippen molar-refractivity contribution in [1.82, 2.24) is 9.97 Å². The Morgan fingerprint density at radius 1 is 1.22 bits per heavy atom. The van der Waals surface area contributed by atoms with Gasteiger partial charge in [-0.2, -0.15) is 4.98 Å². The monoisotopic (exact) mass is 327 g/mol. The zero-order chi connectivity index (χ0) is 12.5. The van der Waals surface area contributed by atoms with Crippen molar-refractivity contribution >= 4 is 44.3 Å². The summed E-state index contributed by atoms with van der Waals surface area (Å²) in [4.78, 5) is 10.8. The molecule has 2 aromatic rings. The van der Waals surface area contributed by atoms with Gasteiger partial charge in [-0.3, -0.25) is 0 Å². The van der Waals surface area contributed by atoms with E-state index in [9.17, 15) is 0 Å². The number of fused-ring (bicyclic) bond motifs is 1. The van der Waals surface area contributed by atoms with Crippen molar-refractivity contribution in [2.75, 3.05) is 31.2 Å². The Morgan fingerprint density at radius 3 is 2.78 bits per heavy atom. The molecule has 1 aromatic heterocycles. The molecule has 1 fully saturated rings. The molecule has 0 aliphatic carbocycles. The van der Waals surface area contributed by atoms with Crippen LogP contribution in [0, 0.1) is 0 Å². The second-order valence-corrected chi connectivity index (χ2v) is 5.24. The van der Waals surface area contributed by atoms with Crippen LogP contribution in [0.3, 0.4) is 0 Å². The first-order valence-corrected chi connectivity index (χ1v) is 6.87. The quantitative estimate of drug-likeness (QED) is 0.755. The first-order valence-electron chi connectivity index (χ1n) is 5.70. The van der Waals surface area contributed by atoms with Gasteiger partial charge in [0.05, 0.1) is 24.1 Å². The van der Waals surface area contributed by atoms with Crippen LogP contribution in [0.4, 0.5) is 5.82 Å². The molecule has 0 radical (unpaired) electrons. The molecule has 6 heteroatoms. The van der Waals surface area contributed by atoms with Crippen molar-refractivity contribution in [3.8, 4) is 0 Å². The Hall–Kier alpha value is -0.910. The minimum Gasteiger partial charge on any atom is -0.378 e. The lowest BCUT2D eigenvalue weighted by atomic mass is 10.2. The smallest absolute Gasteiger partial charge is 0.224 e. The van der Waals surface area contributed by atoms with Crippen molar-refractivity contribution in [3.63, 3.8) is 0 Å². The van der Waals surface area contributed by atoms with Gasteiger partial charge in [0.15, 0.2) is 0 Å². The summed E-state index contributed by atoms with van der Waals surface area (Å²) >= 11 is 9.56. The predicted octanol–water partition coefficient (Wildman–Crippen LogP) is 2.88. The van der Waals surface area contributed by atoms with Crippen molar-refractivity contribution < 1.29 is 4.74 Å². The third-order valence-corrected chi connectivity index (χ3v) is 3.77. The number of anilines is 1. The summed E-state index contributed by atoms with van der Waals surface area (Å²) in [5.41, 5.74) is 0.853. The van der Waals surface area contributed by atoms with Crippen molar-refractivity contribution in [3.05, 3.63) is 28.0 Å². The first-order chi connectivity index (χ1) is 8.75. The van der Waals surface area contributed by atoms with Crippen LogP contribution in [0.15, 0.2) is 22.7 Å². The average Bonchev–Trinajstić information content (AvgIpc) is 2.39. The molecule has 0 N–H and O–H groups in total. The van der Waals surface area contributed by atoms with E-state index in [1.54, 1.807) is 0 Å². The summed E-state index contributed by atoms with van der Waals surface area (Å²) in [6.45, 7) is 3.08. The second-order valence-electron chi connectivity index (χ2n) is 4.05. The number of nitrogens with zero attached hydrogens (tertiary/aromatic N) is 3. The molecule has 94 valence electrons. The van der Waals surface area contributed by atoms with Gasteiger partial charge in [-0.15, -0.1) is 0 Å². The number of benzene rings is 1. The van der Waals surface area contributed by atoms with Gasteiger partial charge < -0.3 is 9.64 Å². The van der Waals surface area contributed by atoms with E-state index in [1.165, 1.54) is 0 Å². The molecule has 1 saturated heterocycles. The SMILES string of the molecule is Clc1nc(N2CCOCC2)c2c(Br)cccc2n1. The van der Waals surface area contributed by atoms with E-state index in [-0.39, 0.29) is 5.28 Å². The molecule has 0 bridgehead atoms. The van der Waals surface area contributed by atoms with Crippen LogP contribution < -0.4 is 4.90 Å². The highest BCUT2D eigenvalue weighted by molar-refractivity contribution is 9.10. The first kappa shape index (κ1) is 12.1. The van der Waals surface area contributed by atoms with E-state index < -0.39 is 0 Å². The normalized spacial score (nSPS) is 16.2. The van der Waals surface area contributed by atoms with Gasteiger partial charge >= 0.3 is 0 Å². The topological polar surface area (TPSA) is 38.2 Å². The van der Waals surface area contributed by atoms with Gasteiger partial charge in [-0.25, -0.2) is 4.98 Å². The molecule has 0 spiro atoms. The largest absolute Gasteiger partial charge is 0.378 e. The molecule has 1 aromatic carbocycles. The van der Waals surface area contributed by atoms with E-state index in [0.29, 0.717) is 13.2 Å². The van der Waals surface area contributed by atoms with Crippen LogP contribution in [0.1, 0.15) is 0 Å². The summed E-state index contributed by atoms with van der Waals surface area (Å²) in [5, 5.41) is 1.28. The molecule has 0 unspecified atom stereocenters. The molecule has 2 heterocycles. The van der Waals surface area contributed by atoms with Crippen molar-refractivity contribution in [1.29, 1.82) is 0 Å². The Bertz CT molecular complexity index is 587. The minimum atomic E-state index is 0.280. The zero-order valence-electron chi connectivity index (χ0n) is 9.57. The predicted molar refractivity (Wildman–Crippen MR) is 75.3 cm³/mol. The van der Waals surface area contributed by atoms with Gasteiger partial charge in [0, 0.05) is 17.6 Å². The molecule has 0 atom stereocenters. The van der Waals surface area contributed by atoms with E-state index in [4.69, 9.17) is 16.3 Å². The van der Waals surface area contributed by atoms with E-state index in [2.05, 4.69) is 30.8 Å². The molecule has 1 aliphatic rings. The standard InChI is InChI=1S/C12H11BrClN3O/c13-8-2-1-3-9-10(8)11(16-12(14)15-9)17-4-6-18-7-5-17/h1-3H,4-7H2. The fourth-order valence-corrected chi connectivity index (χ4v) is 2.80. The fourth-order valence-electron chi connectivity index (χ4n) is 2.10. The molecule has 0 amide bonds. The number of ether oxygens (including phenoxy) is 1. The van der Waals surface area contributed by atoms with E-state index in [1.807, 2.05) is 18.2 Å². The number of rotatable bonds is 1. The minimum absolute atomic E-state index is 0.280. The maximum Gasteiger partial charge on any atom is 0.224 e. The molecular weight excluding hydrogens is 318 g/mol. The summed E-state index contributed by atoms with van der Waals surface area (Å²) in [7, 11) is 0. The fraction of sp³-hybridized carbons (Fsp3) is 0.333. The lowest BCUT2D eigenvalue weighted by Gasteiger charge is -2.28. The van der Waals surface area contributed by atoms with E-state index >= 15 is 0 Å². The second kappa shape index (κ2) is 4.99. The number of hydrogen-bond acceptors (Lipinski definition) is 4. The Labute approximate surface area is 118 Å².